The van der Waals surface area contributed by atoms with E-state index in [-0.39, 0.29) is 22.6 Å². The van der Waals surface area contributed by atoms with Gasteiger partial charge >= 0.3 is 4.87 Å². The van der Waals surface area contributed by atoms with Gasteiger partial charge in [-0.3, -0.25) is 24.3 Å². The number of carbonyl (C=O) groups is 2. The highest BCUT2D eigenvalue weighted by Gasteiger charge is 2.53. The standard InChI is InChI=1S/C24H19N3O3S2/c1-26-12-15(14-9-5-6-10-16(14)26)17-18-19(22(29)25-21(18)28)31-23-20(17)32-24(30)27(23)11-13-7-3-2-4-8-13/h2-10,12,17-19H,11H2,1H3,(H,25,28,29)/t17-,18+,19+/m0/s1. The highest BCUT2D eigenvalue weighted by atomic mass is 32.2. The molecule has 1 fully saturated rings. The summed E-state index contributed by atoms with van der Waals surface area (Å²) in [7, 11) is 1.98. The molecule has 1 saturated heterocycles. The predicted molar refractivity (Wildman–Crippen MR) is 125 cm³/mol. The first-order valence-electron chi connectivity index (χ1n) is 10.4. The van der Waals surface area contributed by atoms with Crippen molar-refractivity contribution in [1.82, 2.24) is 14.5 Å². The molecule has 4 aromatic rings. The maximum Gasteiger partial charge on any atom is 0.308 e. The molecule has 3 atom stereocenters. The molecule has 4 heterocycles. The van der Waals surface area contributed by atoms with E-state index in [0.29, 0.717) is 6.54 Å². The molecule has 2 amide bonds. The van der Waals surface area contributed by atoms with E-state index in [9.17, 15) is 14.4 Å². The first-order valence-corrected chi connectivity index (χ1v) is 12.1. The van der Waals surface area contributed by atoms with E-state index >= 15 is 0 Å². The largest absolute Gasteiger partial charge is 0.350 e. The van der Waals surface area contributed by atoms with Crippen LogP contribution in [0.1, 0.15) is 21.9 Å². The Morgan fingerprint density at radius 3 is 2.53 bits per heavy atom. The molecule has 0 bridgehead atoms. The zero-order valence-electron chi connectivity index (χ0n) is 17.1. The van der Waals surface area contributed by atoms with Crippen LogP contribution in [0.2, 0.25) is 0 Å². The van der Waals surface area contributed by atoms with Crippen LogP contribution < -0.4 is 10.2 Å². The molecule has 0 aliphatic carbocycles. The Balaban J connectivity index is 1.58. The van der Waals surface area contributed by atoms with Crippen LogP contribution in [0.15, 0.2) is 70.6 Å². The summed E-state index contributed by atoms with van der Waals surface area (Å²) in [5, 5.41) is 3.83. The van der Waals surface area contributed by atoms with Gasteiger partial charge in [-0.2, -0.15) is 0 Å². The van der Waals surface area contributed by atoms with Gasteiger partial charge in [-0.1, -0.05) is 71.6 Å². The monoisotopic (exact) mass is 461 g/mol. The zero-order valence-corrected chi connectivity index (χ0v) is 18.8. The van der Waals surface area contributed by atoms with Gasteiger partial charge in [-0.25, -0.2) is 0 Å². The van der Waals surface area contributed by atoms with E-state index in [1.165, 1.54) is 23.1 Å². The second kappa shape index (κ2) is 7.21. The second-order valence-corrected chi connectivity index (χ2v) is 10.3. The van der Waals surface area contributed by atoms with Gasteiger partial charge in [-0.05, 0) is 17.2 Å². The number of rotatable bonds is 3. The Hall–Kier alpha value is -3.10. The third-order valence-electron chi connectivity index (χ3n) is 6.33. The first-order chi connectivity index (χ1) is 15.5. The number of hydrogen-bond acceptors (Lipinski definition) is 5. The molecule has 0 spiro atoms. The second-order valence-electron chi connectivity index (χ2n) is 8.22. The summed E-state index contributed by atoms with van der Waals surface area (Å²) in [6, 6.07) is 17.9. The average molecular weight is 462 g/mol. The number of fused-ring (bicyclic) bond motifs is 3. The minimum absolute atomic E-state index is 0.0654. The Labute approximate surface area is 191 Å². The number of benzene rings is 2. The lowest BCUT2D eigenvalue weighted by Crippen LogP contribution is -2.32. The van der Waals surface area contributed by atoms with Crippen LogP contribution in [-0.2, 0) is 23.2 Å². The van der Waals surface area contributed by atoms with Crippen molar-refractivity contribution in [2.45, 2.75) is 22.7 Å². The van der Waals surface area contributed by atoms with Crippen LogP contribution in [0.25, 0.3) is 10.9 Å². The van der Waals surface area contributed by atoms with Crippen LogP contribution in [0.3, 0.4) is 0 Å². The zero-order chi connectivity index (χ0) is 22.0. The topological polar surface area (TPSA) is 73.1 Å². The molecule has 1 N–H and O–H groups in total. The van der Waals surface area contributed by atoms with Gasteiger partial charge in [0.1, 0.15) is 5.25 Å². The van der Waals surface area contributed by atoms with Crippen molar-refractivity contribution in [3.8, 4) is 0 Å². The van der Waals surface area contributed by atoms with Crippen molar-refractivity contribution >= 4 is 45.8 Å². The maximum absolute atomic E-state index is 13.1. The summed E-state index contributed by atoms with van der Waals surface area (Å²) in [4.78, 5) is 39.5. The molecule has 2 aliphatic heterocycles. The van der Waals surface area contributed by atoms with Gasteiger partial charge in [0.2, 0.25) is 11.8 Å². The fraction of sp³-hybridized carbons (Fsp3) is 0.208. The predicted octanol–water partition coefficient (Wildman–Crippen LogP) is 3.33. The molecular formula is C24H19N3O3S2. The van der Waals surface area contributed by atoms with E-state index in [1.54, 1.807) is 4.57 Å². The van der Waals surface area contributed by atoms with Crippen LogP contribution in [0.5, 0.6) is 0 Å². The molecule has 32 heavy (non-hydrogen) atoms. The summed E-state index contributed by atoms with van der Waals surface area (Å²) < 4.78 is 3.80. The third kappa shape index (κ3) is 2.83. The fourth-order valence-corrected chi connectivity index (χ4v) is 7.63. The summed E-state index contributed by atoms with van der Waals surface area (Å²) in [6.07, 6.45) is 2.04. The minimum Gasteiger partial charge on any atom is -0.350 e. The van der Waals surface area contributed by atoms with Gasteiger partial charge < -0.3 is 4.57 Å². The molecule has 2 aliphatic rings. The Bertz CT molecular complexity index is 1450. The first kappa shape index (κ1) is 19.6. The Morgan fingerprint density at radius 1 is 0.969 bits per heavy atom. The van der Waals surface area contributed by atoms with E-state index in [0.717, 1.165) is 31.9 Å². The van der Waals surface area contributed by atoms with Crippen LogP contribution >= 0.6 is 23.1 Å². The van der Waals surface area contributed by atoms with E-state index < -0.39 is 11.2 Å². The van der Waals surface area contributed by atoms with Crippen LogP contribution in [-0.4, -0.2) is 26.2 Å². The molecule has 6 nitrogen and oxygen atoms in total. The van der Waals surface area contributed by atoms with Crippen LogP contribution in [0, 0.1) is 5.92 Å². The molecule has 8 heteroatoms. The molecule has 160 valence electrons. The molecule has 2 aromatic carbocycles. The third-order valence-corrected chi connectivity index (χ3v) is 8.95. The quantitative estimate of drug-likeness (QED) is 0.475. The number of carbonyl (C=O) groups excluding carboxylic acids is 2. The number of aromatic nitrogens is 2. The average Bonchev–Trinajstić information content (AvgIpc) is 3.39. The fourth-order valence-electron chi connectivity index (χ4n) is 4.90. The van der Waals surface area contributed by atoms with E-state index in [2.05, 4.69) is 5.32 Å². The van der Waals surface area contributed by atoms with Crippen molar-refractivity contribution in [3.05, 3.63) is 86.5 Å². The van der Waals surface area contributed by atoms with Gasteiger partial charge in [0.05, 0.1) is 17.5 Å². The smallest absolute Gasteiger partial charge is 0.308 e. The number of thioether (sulfide) groups is 1. The van der Waals surface area contributed by atoms with Gasteiger partial charge in [0, 0.05) is 34.9 Å². The van der Waals surface area contributed by atoms with Gasteiger partial charge in [-0.15, -0.1) is 0 Å². The molecular weight excluding hydrogens is 442 g/mol. The van der Waals surface area contributed by atoms with Gasteiger partial charge in [0.25, 0.3) is 0 Å². The van der Waals surface area contributed by atoms with E-state index in [4.69, 9.17) is 0 Å². The lowest BCUT2D eigenvalue weighted by Gasteiger charge is -2.30. The molecule has 6 rings (SSSR count). The Kier molecular flexibility index (Phi) is 4.41. The van der Waals surface area contributed by atoms with Crippen LogP contribution in [0.4, 0.5) is 0 Å². The van der Waals surface area contributed by atoms with Gasteiger partial charge in [0.15, 0.2) is 0 Å². The number of amides is 2. The van der Waals surface area contributed by atoms with Crippen molar-refractivity contribution in [3.63, 3.8) is 0 Å². The lowest BCUT2D eigenvalue weighted by atomic mass is 9.83. The number of thiazole rings is 1. The number of imide groups is 1. The van der Waals surface area contributed by atoms with E-state index in [1.807, 2.05) is 72.4 Å². The SMILES string of the molecule is Cn1cc([C@@H]2c3sc(=O)n(Cc4ccccc4)c3S[C@H]3C(=O)NC(=O)[C@H]23)c2ccccc21. The molecule has 0 saturated carbocycles. The summed E-state index contributed by atoms with van der Waals surface area (Å²) >= 11 is 2.55. The summed E-state index contributed by atoms with van der Waals surface area (Å²) in [5.74, 6) is -1.41. The van der Waals surface area contributed by atoms with Crippen molar-refractivity contribution in [1.29, 1.82) is 0 Å². The number of nitrogens with one attached hydrogen (secondary N) is 1. The Morgan fingerprint density at radius 2 is 1.72 bits per heavy atom. The highest BCUT2D eigenvalue weighted by Crippen LogP contribution is 2.52. The number of aryl methyl sites for hydroxylation is 1. The normalized spacial score (nSPS) is 22.1. The highest BCUT2D eigenvalue weighted by molar-refractivity contribution is 8.00. The summed E-state index contributed by atoms with van der Waals surface area (Å²) in [6.45, 7) is 0.438. The van der Waals surface area contributed by atoms with Crippen molar-refractivity contribution in [2.24, 2.45) is 13.0 Å². The molecule has 0 unspecified atom stereocenters. The summed E-state index contributed by atoms with van der Waals surface area (Å²) in [5.41, 5.74) is 3.06. The number of nitrogens with zero attached hydrogens (tertiary/aromatic N) is 2. The maximum atomic E-state index is 13.1. The molecule has 0 radical (unpaired) electrons. The lowest BCUT2D eigenvalue weighted by molar-refractivity contribution is -0.125. The minimum atomic E-state index is -0.546. The molecule has 2 aromatic heterocycles. The van der Waals surface area contributed by atoms with Crippen molar-refractivity contribution < 1.29 is 9.59 Å². The number of hydrogen-bond donors (Lipinski definition) is 1. The van der Waals surface area contributed by atoms with Crippen molar-refractivity contribution in [2.75, 3.05) is 0 Å². The number of para-hydroxylation sites is 1.